The summed E-state index contributed by atoms with van der Waals surface area (Å²) in [7, 11) is -3.79. The Morgan fingerprint density at radius 3 is 2.48 bits per heavy atom. The SMILES string of the molecule is O=C(CS(=O)(=O)c1cccc(F)c1)NC1CCCCCC1. The standard InChI is InChI=1S/C15H20FNO3S/c16-12-6-5-9-14(10-12)21(19,20)11-15(18)17-13-7-3-1-2-4-8-13/h5-6,9-10,13H,1-4,7-8,11H2,(H,17,18). The second kappa shape index (κ2) is 7.02. The lowest BCUT2D eigenvalue weighted by molar-refractivity contribution is -0.119. The monoisotopic (exact) mass is 313 g/mol. The summed E-state index contributed by atoms with van der Waals surface area (Å²) in [5, 5.41) is 2.79. The largest absolute Gasteiger partial charge is 0.352 e. The molecule has 0 unspecified atom stereocenters. The van der Waals surface area contributed by atoms with Crippen LogP contribution in [0.25, 0.3) is 0 Å². The van der Waals surface area contributed by atoms with Gasteiger partial charge in [0.2, 0.25) is 5.91 Å². The number of nitrogens with one attached hydrogen (secondary N) is 1. The first kappa shape index (κ1) is 15.9. The normalized spacial score (nSPS) is 17.2. The van der Waals surface area contributed by atoms with Gasteiger partial charge in [-0.15, -0.1) is 0 Å². The Morgan fingerprint density at radius 2 is 1.86 bits per heavy atom. The van der Waals surface area contributed by atoms with Crippen LogP contribution in [-0.2, 0) is 14.6 Å². The highest BCUT2D eigenvalue weighted by molar-refractivity contribution is 7.92. The zero-order valence-electron chi connectivity index (χ0n) is 11.8. The molecule has 1 aliphatic carbocycles. The van der Waals surface area contributed by atoms with Crippen molar-refractivity contribution >= 4 is 15.7 Å². The Kier molecular flexibility index (Phi) is 5.33. The second-order valence-electron chi connectivity index (χ2n) is 5.47. The van der Waals surface area contributed by atoms with Gasteiger partial charge in [0.1, 0.15) is 11.6 Å². The molecule has 21 heavy (non-hydrogen) atoms. The lowest BCUT2D eigenvalue weighted by atomic mass is 10.1. The quantitative estimate of drug-likeness (QED) is 0.868. The molecule has 0 aromatic heterocycles. The molecular formula is C15H20FNO3S. The van der Waals surface area contributed by atoms with Crippen LogP contribution in [0.4, 0.5) is 4.39 Å². The summed E-state index contributed by atoms with van der Waals surface area (Å²) < 4.78 is 37.2. The Morgan fingerprint density at radius 1 is 1.19 bits per heavy atom. The van der Waals surface area contributed by atoms with Crippen LogP contribution in [0, 0.1) is 5.82 Å². The zero-order valence-corrected chi connectivity index (χ0v) is 12.7. The van der Waals surface area contributed by atoms with Gasteiger partial charge in [-0.2, -0.15) is 0 Å². The highest BCUT2D eigenvalue weighted by atomic mass is 32.2. The number of carbonyl (C=O) groups excluding carboxylic acids is 1. The van der Waals surface area contributed by atoms with Crippen molar-refractivity contribution in [3.63, 3.8) is 0 Å². The molecule has 0 bridgehead atoms. The molecule has 0 spiro atoms. The first-order valence-corrected chi connectivity index (χ1v) is 8.90. The highest BCUT2D eigenvalue weighted by Gasteiger charge is 2.22. The van der Waals surface area contributed by atoms with Gasteiger partial charge < -0.3 is 5.32 Å². The number of sulfone groups is 1. The summed E-state index contributed by atoms with van der Waals surface area (Å²) in [6.07, 6.45) is 6.22. The van der Waals surface area contributed by atoms with Gasteiger partial charge in [-0.05, 0) is 31.0 Å². The van der Waals surface area contributed by atoms with Crippen LogP contribution in [-0.4, -0.2) is 26.1 Å². The molecule has 1 amide bonds. The Bertz CT molecular complexity index is 593. The third-order valence-corrected chi connectivity index (χ3v) is 5.31. The minimum Gasteiger partial charge on any atom is -0.352 e. The third kappa shape index (κ3) is 4.81. The second-order valence-corrected chi connectivity index (χ2v) is 7.46. The van der Waals surface area contributed by atoms with E-state index in [1.54, 1.807) is 0 Å². The zero-order chi connectivity index (χ0) is 15.3. The van der Waals surface area contributed by atoms with E-state index in [0.717, 1.165) is 44.6 Å². The molecule has 2 rings (SSSR count). The molecule has 1 saturated carbocycles. The average molecular weight is 313 g/mol. The molecule has 0 atom stereocenters. The van der Waals surface area contributed by atoms with E-state index in [4.69, 9.17) is 0 Å². The third-order valence-electron chi connectivity index (χ3n) is 3.70. The average Bonchev–Trinajstić information content (AvgIpc) is 2.66. The van der Waals surface area contributed by atoms with E-state index < -0.39 is 27.3 Å². The van der Waals surface area contributed by atoms with Crippen molar-refractivity contribution in [2.75, 3.05) is 5.75 Å². The molecule has 1 aliphatic rings. The molecular weight excluding hydrogens is 293 g/mol. The van der Waals surface area contributed by atoms with E-state index in [9.17, 15) is 17.6 Å². The summed E-state index contributed by atoms with van der Waals surface area (Å²) >= 11 is 0. The van der Waals surface area contributed by atoms with Gasteiger partial charge in [0.05, 0.1) is 4.90 Å². The molecule has 6 heteroatoms. The Labute approximate surface area is 124 Å². The van der Waals surface area contributed by atoms with E-state index in [1.807, 2.05) is 0 Å². The van der Waals surface area contributed by atoms with Crippen LogP contribution in [0.5, 0.6) is 0 Å². The van der Waals surface area contributed by atoms with E-state index in [-0.39, 0.29) is 10.9 Å². The van der Waals surface area contributed by atoms with Crippen molar-refractivity contribution in [1.82, 2.24) is 5.32 Å². The number of hydrogen-bond donors (Lipinski definition) is 1. The minimum atomic E-state index is -3.79. The van der Waals surface area contributed by atoms with Crippen molar-refractivity contribution in [2.24, 2.45) is 0 Å². The number of halogens is 1. The lowest BCUT2D eigenvalue weighted by Gasteiger charge is -2.16. The molecule has 4 nitrogen and oxygen atoms in total. The van der Waals surface area contributed by atoms with Crippen molar-refractivity contribution in [3.05, 3.63) is 30.1 Å². The molecule has 0 aliphatic heterocycles. The smallest absolute Gasteiger partial charge is 0.235 e. The lowest BCUT2D eigenvalue weighted by Crippen LogP contribution is -2.38. The molecule has 1 aromatic rings. The number of amides is 1. The number of carbonyl (C=O) groups is 1. The van der Waals surface area contributed by atoms with Crippen LogP contribution in [0.2, 0.25) is 0 Å². The van der Waals surface area contributed by atoms with Gasteiger partial charge in [0, 0.05) is 6.04 Å². The number of benzene rings is 1. The number of rotatable bonds is 4. The molecule has 1 fully saturated rings. The molecule has 0 heterocycles. The van der Waals surface area contributed by atoms with Crippen LogP contribution in [0.15, 0.2) is 29.2 Å². The van der Waals surface area contributed by atoms with E-state index in [0.29, 0.717) is 0 Å². The van der Waals surface area contributed by atoms with Crippen molar-refractivity contribution < 1.29 is 17.6 Å². The van der Waals surface area contributed by atoms with Crippen LogP contribution < -0.4 is 5.32 Å². The molecule has 116 valence electrons. The van der Waals surface area contributed by atoms with Gasteiger partial charge >= 0.3 is 0 Å². The summed E-state index contributed by atoms with van der Waals surface area (Å²) in [5.41, 5.74) is 0. The van der Waals surface area contributed by atoms with Gasteiger partial charge in [-0.3, -0.25) is 4.79 Å². The topological polar surface area (TPSA) is 63.2 Å². The minimum absolute atomic E-state index is 0.0581. The predicted molar refractivity (Wildman–Crippen MR) is 78.1 cm³/mol. The van der Waals surface area contributed by atoms with Gasteiger partial charge in [0.15, 0.2) is 9.84 Å². The van der Waals surface area contributed by atoms with E-state index in [2.05, 4.69) is 5.32 Å². The fraction of sp³-hybridized carbons (Fsp3) is 0.533. The summed E-state index contributed by atoms with van der Waals surface area (Å²) in [6.45, 7) is 0. The fourth-order valence-electron chi connectivity index (χ4n) is 2.61. The summed E-state index contributed by atoms with van der Waals surface area (Å²) in [5.74, 6) is -1.76. The van der Waals surface area contributed by atoms with Crippen LogP contribution in [0.1, 0.15) is 38.5 Å². The van der Waals surface area contributed by atoms with Gasteiger partial charge in [-0.1, -0.05) is 31.7 Å². The molecule has 1 aromatic carbocycles. The Hall–Kier alpha value is -1.43. The van der Waals surface area contributed by atoms with Crippen LogP contribution in [0.3, 0.4) is 0 Å². The maximum Gasteiger partial charge on any atom is 0.235 e. The predicted octanol–water partition coefficient (Wildman–Crippen LogP) is 2.44. The van der Waals surface area contributed by atoms with E-state index >= 15 is 0 Å². The maximum absolute atomic E-state index is 13.1. The van der Waals surface area contributed by atoms with Crippen molar-refractivity contribution in [2.45, 2.75) is 49.5 Å². The van der Waals surface area contributed by atoms with E-state index in [1.165, 1.54) is 18.2 Å². The Balaban J connectivity index is 1.97. The summed E-state index contributed by atoms with van der Waals surface area (Å²) in [4.78, 5) is 11.8. The first-order valence-electron chi connectivity index (χ1n) is 7.25. The molecule has 0 saturated heterocycles. The van der Waals surface area contributed by atoms with Crippen LogP contribution >= 0.6 is 0 Å². The number of hydrogen-bond acceptors (Lipinski definition) is 3. The highest BCUT2D eigenvalue weighted by Crippen LogP contribution is 2.17. The fourth-order valence-corrected chi connectivity index (χ4v) is 3.78. The van der Waals surface area contributed by atoms with Crippen molar-refractivity contribution in [3.8, 4) is 0 Å². The molecule has 1 N–H and O–H groups in total. The van der Waals surface area contributed by atoms with Gasteiger partial charge in [-0.25, -0.2) is 12.8 Å². The van der Waals surface area contributed by atoms with Crippen molar-refractivity contribution in [1.29, 1.82) is 0 Å². The van der Waals surface area contributed by atoms with Gasteiger partial charge in [0.25, 0.3) is 0 Å². The summed E-state index contributed by atoms with van der Waals surface area (Å²) in [6, 6.07) is 4.80. The maximum atomic E-state index is 13.1. The molecule has 0 radical (unpaired) electrons. The first-order chi connectivity index (χ1) is 9.97.